The Labute approximate surface area is 179 Å². The van der Waals surface area contributed by atoms with Crippen LogP contribution in [0, 0.1) is 25.5 Å². The van der Waals surface area contributed by atoms with Crippen LogP contribution >= 0.6 is 0 Å². The van der Waals surface area contributed by atoms with E-state index < -0.39 is 18.4 Å². The molecule has 0 unspecified atom stereocenters. The molecule has 162 valence electrons. The molecule has 0 fully saturated rings. The third-order valence-corrected chi connectivity index (χ3v) is 4.88. The van der Waals surface area contributed by atoms with Crippen molar-refractivity contribution in [3.05, 3.63) is 76.9 Å². The van der Waals surface area contributed by atoms with Gasteiger partial charge in [0.25, 0.3) is 0 Å². The first-order valence-electron chi connectivity index (χ1n) is 9.61. The minimum Gasteiger partial charge on any atom is -0.496 e. The van der Waals surface area contributed by atoms with Crippen LogP contribution in [0.15, 0.2) is 48.5 Å². The summed E-state index contributed by atoms with van der Waals surface area (Å²) in [4.78, 5) is 10.8. The number of nitrogens with one attached hydrogen (secondary N) is 1. The Morgan fingerprint density at radius 3 is 2.52 bits per heavy atom. The molecule has 7 heteroatoms. The smallest absolute Gasteiger partial charge is 0.341 e. The van der Waals surface area contributed by atoms with Crippen LogP contribution in [-0.2, 0) is 11.3 Å². The maximum absolute atomic E-state index is 14.5. The van der Waals surface area contributed by atoms with Crippen molar-refractivity contribution in [3.8, 4) is 22.6 Å². The first-order valence-corrected chi connectivity index (χ1v) is 9.61. The van der Waals surface area contributed by atoms with E-state index in [1.165, 1.54) is 24.3 Å². The van der Waals surface area contributed by atoms with Gasteiger partial charge in [0.1, 0.15) is 23.1 Å². The van der Waals surface area contributed by atoms with Crippen molar-refractivity contribution < 1.29 is 28.2 Å². The molecule has 3 aromatic rings. The van der Waals surface area contributed by atoms with Crippen LogP contribution in [0.4, 0.5) is 14.5 Å². The molecule has 0 aliphatic carbocycles. The van der Waals surface area contributed by atoms with E-state index in [2.05, 4.69) is 5.32 Å². The van der Waals surface area contributed by atoms with Gasteiger partial charge < -0.3 is 19.9 Å². The van der Waals surface area contributed by atoms with Crippen LogP contribution in [0.1, 0.15) is 16.7 Å². The fourth-order valence-electron chi connectivity index (χ4n) is 3.46. The molecular weight excluding hydrogens is 404 g/mol. The van der Waals surface area contributed by atoms with E-state index in [1.54, 1.807) is 20.1 Å². The van der Waals surface area contributed by atoms with Crippen LogP contribution in [0.25, 0.3) is 11.1 Å². The van der Waals surface area contributed by atoms with Gasteiger partial charge in [-0.05, 0) is 66.9 Å². The Hall–Kier alpha value is -3.61. The topological polar surface area (TPSA) is 67.8 Å². The number of carboxylic acids is 1. The van der Waals surface area contributed by atoms with Crippen LogP contribution < -0.4 is 14.8 Å². The molecule has 0 atom stereocenters. The SMILES string of the molecule is COc1c(C)cc(-c2cccc(F)c2)cc1CNc1c(F)ccc(OCC(=O)O)c1C. The average Bonchev–Trinajstić information content (AvgIpc) is 2.72. The summed E-state index contributed by atoms with van der Waals surface area (Å²) in [6.45, 7) is 3.24. The van der Waals surface area contributed by atoms with Crippen molar-refractivity contribution in [1.29, 1.82) is 0 Å². The van der Waals surface area contributed by atoms with Gasteiger partial charge in [0.05, 0.1) is 12.8 Å². The van der Waals surface area contributed by atoms with Gasteiger partial charge in [0, 0.05) is 17.7 Å². The Morgan fingerprint density at radius 1 is 1.06 bits per heavy atom. The quantitative estimate of drug-likeness (QED) is 0.508. The second-order valence-electron chi connectivity index (χ2n) is 7.08. The van der Waals surface area contributed by atoms with Gasteiger partial charge in [-0.25, -0.2) is 13.6 Å². The summed E-state index contributed by atoms with van der Waals surface area (Å²) in [5, 5.41) is 11.9. The number of methoxy groups -OCH3 is 1. The molecular formula is C24H23F2NO4. The van der Waals surface area contributed by atoms with E-state index >= 15 is 0 Å². The molecule has 0 saturated heterocycles. The van der Waals surface area contributed by atoms with E-state index in [4.69, 9.17) is 14.6 Å². The average molecular weight is 427 g/mol. The molecule has 5 nitrogen and oxygen atoms in total. The third-order valence-electron chi connectivity index (χ3n) is 4.88. The molecule has 0 heterocycles. The molecule has 3 rings (SSSR count). The minimum absolute atomic E-state index is 0.207. The highest BCUT2D eigenvalue weighted by Crippen LogP contribution is 2.33. The number of ether oxygens (including phenoxy) is 2. The summed E-state index contributed by atoms with van der Waals surface area (Å²) in [6, 6.07) is 12.7. The summed E-state index contributed by atoms with van der Waals surface area (Å²) >= 11 is 0. The number of halogens is 2. The van der Waals surface area contributed by atoms with Crippen molar-refractivity contribution >= 4 is 11.7 Å². The molecule has 0 aromatic heterocycles. The summed E-state index contributed by atoms with van der Waals surface area (Å²) in [6.07, 6.45) is 0. The monoisotopic (exact) mass is 427 g/mol. The summed E-state index contributed by atoms with van der Waals surface area (Å²) in [5.74, 6) is -1.02. The first-order chi connectivity index (χ1) is 14.8. The standard InChI is InChI=1S/C24H23F2NO4/c1-14-9-17(16-5-4-6-19(25)11-16)10-18(24(14)30-3)12-27-23-15(2)21(8-7-20(23)26)31-13-22(28)29/h4-11,27H,12-13H2,1-3H3,(H,28,29). The molecule has 0 aliphatic heterocycles. The van der Waals surface area contributed by atoms with Gasteiger partial charge >= 0.3 is 5.97 Å². The molecule has 0 bridgehead atoms. The molecule has 31 heavy (non-hydrogen) atoms. The van der Waals surface area contributed by atoms with Crippen LogP contribution in [-0.4, -0.2) is 24.8 Å². The number of carboxylic acid groups (broad SMARTS) is 1. The van der Waals surface area contributed by atoms with Crippen LogP contribution in [0.3, 0.4) is 0 Å². The van der Waals surface area contributed by atoms with E-state index in [0.717, 1.165) is 22.3 Å². The first kappa shape index (κ1) is 22.1. The third kappa shape index (κ3) is 5.12. The molecule has 3 aromatic carbocycles. The molecule has 0 amide bonds. The van der Waals surface area contributed by atoms with Crippen molar-refractivity contribution in [2.24, 2.45) is 0 Å². The zero-order chi connectivity index (χ0) is 22.5. The maximum Gasteiger partial charge on any atom is 0.341 e. The lowest BCUT2D eigenvalue weighted by Crippen LogP contribution is -2.11. The van der Waals surface area contributed by atoms with Crippen molar-refractivity contribution in [3.63, 3.8) is 0 Å². The highest BCUT2D eigenvalue weighted by molar-refractivity contribution is 5.69. The highest BCUT2D eigenvalue weighted by Gasteiger charge is 2.15. The van der Waals surface area contributed by atoms with Gasteiger partial charge in [-0.1, -0.05) is 12.1 Å². The lowest BCUT2D eigenvalue weighted by Gasteiger charge is -2.18. The fourth-order valence-corrected chi connectivity index (χ4v) is 3.46. The summed E-state index contributed by atoms with van der Waals surface area (Å²) in [7, 11) is 1.56. The second kappa shape index (κ2) is 9.47. The second-order valence-corrected chi connectivity index (χ2v) is 7.08. The van der Waals surface area contributed by atoms with Gasteiger partial charge in [-0.3, -0.25) is 0 Å². The van der Waals surface area contributed by atoms with Gasteiger partial charge in [-0.2, -0.15) is 0 Å². The highest BCUT2D eigenvalue weighted by atomic mass is 19.1. The van der Waals surface area contributed by atoms with Gasteiger partial charge in [0.15, 0.2) is 6.61 Å². The van der Waals surface area contributed by atoms with Crippen LogP contribution in [0.2, 0.25) is 0 Å². The molecule has 0 spiro atoms. The lowest BCUT2D eigenvalue weighted by atomic mass is 9.98. The van der Waals surface area contributed by atoms with E-state index in [-0.39, 0.29) is 23.8 Å². The molecule has 2 N–H and O–H groups in total. The lowest BCUT2D eigenvalue weighted by molar-refractivity contribution is -0.139. The normalized spacial score (nSPS) is 10.6. The maximum atomic E-state index is 14.5. The van der Waals surface area contributed by atoms with E-state index in [0.29, 0.717) is 11.3 Å². The Morgan fingerprint density at radius 2 is 1.84 bits per heavy atom. The van der Waals surface area contributed by atoms with Gasteiger partial charge in [-0.15, -0.1) is 0 Å². The number of rotatable bonds is 8. The Bertz CT molecular complexity index is 1110. The fraction of sp³-hybridized carbons (Fsp3) is 0.208. The number of aryl methyl sites for hydroxylation is 1. The Balaban J connectivity index is 1.92. The van der Waals surface area contributed by atoms with Crippen molar-refractivity contribution in [2.45, 2.75) is 20.4 Å². The summed E-state index contributed by atoms with van der Waals surface area (Å²) in [5.41, 5.74) is 3.81. The number of benzene rings is 3. The van der Waals surface area contributed by atoms with E-state index in [9.17, 15) is 13.6 Å². The van der Waals surface area contributed by atoms with Crippen molar-refractivity contribution in [1.82, 2.24) is 0 Å². The zero-order valence-electron chi connectivity index (χ0n) is 17.5. The molecule has 0 saturated carbocycles. The van der Waals surface area contributed by atoms with Gasteiger partial charge in [0.2, 0.25) is 0 Å². The number of hydrogen-bond acceptors (Lipinski definition) is 4. The minimum atomic E-state index is -1.12. The number of carbonyl (C=O) groups is 1. The molecule has 0 radical (unpaired) electrons. The Kier molecular flexibility index (Phi) is 6.74. The number of anilines is 1. The predicted molar refractivity (Wildman–Crippen MR) is 115 cm³/mol. The zero-order valence-corrected chi connectivity index (χ0v) is 17.5. The predicted octanol–water partition coefficient (Wildman–Crippen LogP) is 5.33. The number of aliphatic carboxylic acids is 1. The molecule has 0 aliphatic rings. The summed E-state index contributed by atoms with van der Waals surface area (Å²) < 4.78 is 38.9. The largest absolute Gasteiger partial charge is 0.496 e. The number of hydrogen-bond donors (Lipinski definition) is 2. The van der Waals surface area contributed by atoms with E-state index in [1.807, 2.05) is 25.1 Å². The van der Waals surface area contributed by atoms with Crippen LogP contribution in [0.5, 0.6) is 11.5 Å². The van der Waals surface area contributed by atoms with Crippen molar-refractivity contribution in [2.75, 3.05) is 19.0 Å².